The van der Waals surface area contributed by atoms with Crippen molar-refractivity contribution < 1.29 is 40.8 Å². The van der Waals surface area contributed by atoms with Crippen molar-refractivity contribution in [2.45, 2.75) is 71.1 Å². The van der Waals surface area contributed by atoms with Crippen molar-refractivity contribution in [1.82, 2.24) is 0 Å². The van der Waals surface area contributed by atoms with Crippen molar-refractivity contribution in [1.29, 1.82) is 0 Å². The van der Waals surface area contributed by atoms with Crippen LogP contribution in [-0.4, -0.2) is 24.9 Å². The molecule has 0 bridgehead atoms. The Morgan fingerprint density at radius 3 is 1.71 bits per heavy atom. The third-order valence-corrected chi connectivity index (χ3v) is 2.88. The van der Waals surface area contributed by atoms with Crippen molar-refractivity contribution >= 4 is 0 Å². The van der Waals surface area contributed by atoms with Crippen LogP contribution in [0.25, 0.3) is 0 Å². The van der Waals surface area contributed by atoms with Gasteiger partial charge in [0.05, 0.1) is 13.2 Å². The predicted octanol–water partition coefficient (Wildman–Crippen LogP) is 1.03. The molecule has 17 heavy (non-hydrogen) atoms. The van der Waals surface area contributed by atoms with E-state index in [4.69, 9.17) is 9.84 Å². The van der Waals surface area contributed by atoms with E-state index in [0.29, 0.717) is 6.61 Å². The summed E-state index contributed by atoms with van der Waals surface area (Å²) >= 11 is 0. The van der Waals surface area contributed by atoms with E-state index in [2.05, 4.69) is 6.92 Å². The van der Waals surface area contributed by atoms with Crippen LogP contribution in [0.5, 0.6) is 0 Å². The average molecular weight is 254 g/mol. The Bertz CT molecular complexity index is 112. The zero-order chi connectivity index (χ0) is 11.9. The molecule has 2 nitrogen and oxygen atoms in total. The maximum Gasteiger partial charge on any atom is 1.00 e. The number of aliphatic hydroxyl groups is 1. The fraction of sp³-hybridized carbons (Fsp3) is 1.00. The summed E-state index contributed by atoms with van der Waals surface area (Å²) in [7, 11) is 0. The Labute approximate surface area is 131 Å². The van der Waals surface area contributed by atoms with E-state index in [1.54, 1.807) is 0 Å². The normalized spacial score (nSPS) is 10.2. The smallest absolute Gasteiger partial charge is 1.00 e. The zero-order valence-corrected chi connectivity index (χ0v) is 14.0. The molecule has 0 aromatic carbocycles. The fourth-order valence-electron chi connectivity index (χ4n) is 1.86. The van der Waals surface area contributed by atoms with Crippen LogP contribution in [0.15, 0.2) is 0 Å². The van der Waals surface area contributed by atoms with Gasteiger partial charge in [-0.1, -0.05) is 64.7 Å². The van der Waals surface area contributed by atoms with E-state index in [1.165, 1.54) is 57.8 Å². The maximum atomic E-state index is 8.50. The third kappa shape index (κ3) is 19.4. The molecule has 0 saturated heterocycles. The van der Waals surface area contributed by atoms with E-state index in [-0.39, 0.29) is 37.6 Å². The van der Waals surface area contributed by atoms with Gasteiger partial charge in [-0.2, -0.15) is 0 Å². The Morgan fingerprint density at radius 1 is 0.765 bits per heavy atom. The summed E-state index contributed by atoms with van der Waals surface area (Å²) in [6.45, 7) is 3.73. The van der Waals surface area contributed by atoms with Crippen LogP contribution in [0.1, 0.15) is 72.6 Å². The Hall–Kier alpha value is 0.920. The number of rotatable bonds is 13. The number of hydrogen-bond acceptors (Lipinski definition) is 2. The molecule has 0 fully saturated rings. The summed E-state index contributed by atoms with van der Waals surface area (Å²) in [6, 6.07) is 0. The maximum absolute atomic E-state index is 8.50. The first-order chi connectivity index (χ1) is 7.91. The van der Waals surface area contributed by atoms with Gasteiger partial charge in [-0.3, -0.25) is 0 Å². The topological polar surface area (TPSA) is 29.5 Å². The molecule has 0 aliphatic heterocycles. The van der Waals surface area contributed by atoms with Crippen LogP contribution in [-0.2, 0) is 4.74 Å². The molecule has 0 aliphatic rings. The minimum absolute atomic E-state index is 0. The van der Waals surface area contributed by atoms with Gasteiger partial charge in [-0.15, -0.1) is 0 Å². The van der Waals surface area contributed by atoms with E-state index >= 15 is 0 Å². The molecule has 0 saturated carbocycles. The molecule has 100 valence electrons. The van der Waals surface area contributed by atoms with E-state index in [0.717, 1.165) is 13.0 Å². The van der Waals surface area contributed by atoms with E-state index < -0.39 is 0 Å². The van der Waals surface area contributed by atoms with Gasteiger partial charge in [0.1, 0.15) is 0 Å². The Morgan fingerprint density at radius 2 is 1.24 bits per heavy atom. The molecule has 0 radical (unpaired) electrons. The third-order valence-electron chi connectivity index (χ3n) is 2.88. The fourth-order valence-corrected chi connectivity index (χ4v) is 1.86. The first-order valence-corrected chi connectivity index (χ1v) is 7.10. The van der Waals surface area contributed by atoms with Crippen LogP contribution in [0.4, 0.5) is 0 Å². The van der Waals surface area contributed by atoms with Gasteiger partial charge in [0.2, 0.25) is 0 Å². The zero-order valence-electron chi connectivity index (χ0n) is 13.0. The molecule has 0 aliphatic carbocycles. The monoisotopic (exact) mass is 254 g/mol. The van der Waals surface area contributed by atoms with E-state index in [1.807, 2.05) is 0 Å². The van der Waals surface area contributed by atoms with Crippen LogP contribution >= 0.6 is 0 Å². The van der Waals surface area contributed by atoms with Crippen LogP contribution in [0.3, 0.4) is 0 Å². The van der Waals surface area contributed by atoms with Crippen molar-refractivity contribution in [3.8, 4) is 0 Å². The Kier molecular flexibility index (Phi) is 22.9. The molecule has 3 heteroatoms. The molecule has 0 heterocycles. The molecule has 0 rings (SSSR count). The molecule has 0 amide bonds. The first kappa shape index (κ1) is 20.2. The molecule has 0 aromatic rings. The van der Waals surface area contributed by atoms with Crippen molar-refractivity contribution in [2.24, 2.45) is 0 Å². The van der Waals surface area contributed by atoms with Crippen LogP contribution in [0.2, 0.25) is 0 Å². The number of ether oxygens (including phenoxy) is 1. The van der Waals surface area contributed by atoms with Gasteiger partial charge in [0.25, 0.3) is 0 Å². The van der Waals surface area contributed by atoms with Gasteiger partial charge < -0.3 is 11.3 Å². The SMILES string of the molecule is CCCCCCCCCCCCOCCO.[H-].[Na+]. The van der Waals surface area contributed by atoms with Gasteiger partial charge in [-0.05, 0) is 6.42 Å². The molecule has 0 spiro atoms. The van der Waals surface area contributed by atoms with Crippen molar-refractivity contribution in [3.05, 3.63) is 0 Å². The largest absolute Gasteiger partial charge is 1.00 e. The second kappa shape index (κ2) is 19.3. The summed E-state index contributed by atoms with van der Waals surface area (Å²) in [4.78, 5) is 0. The number of aliphatic hydroxyl groups excluding tert-OH is 1. The van der Waals surface area contributed by atoms with Crippen molar-refractivity contribution in [2.75, 3.05) is 19.8 Å². The van der Waals surface area contributed by atoms with Gasteiger partial charge in [0.15, 0.2) is 0 Å². The second-order valence-electron chi connectivity index (χ2n) is 4.52. The summed E-state index contributed by atoms with van der Waals surface area (Å²) in [6.07, 6.45) is 13.6. The molecule has 1 N–H and O–H groups in total. The summed E-state index contributed by atoms with van der Waals surface area (Å²) in [5.41, 5.74) is 0. The molecule has 0 unspecified atom stereocenters. The first-order valence-electron chi connectivity index (χ1n) is 7.10. The summed E-state index contributed by atoms with van der Waals surface area (Å²) < 4.78 is 5.20. The predicted molar refractivity (Wildman–Crippen MR) is 70.9 cm³/mol. The van der Waals surface area contributed by atoms with Crippen LogP contribution in [0, 0.1) is 0 Å². The molecule has 0 atom stereocenters. The average Bonchev–Trinajstić information content (AvgIpc) is 2.31. The molecular formula is C14H31NaO2. The minimum atomic E-state index is 0. The van der Waals surface area contributed by atoms with Gasteiger partial charge >= 0.3 is 29.6 Å². The summed E-state index contributed by atoms with van der Waals surface area (Å²) in [5, 5.41) is 8.50. The van der Waals surface area contributed by atoms with Gasteiger partial charge in [-0.25, -0.2) is 0 Å². The standard InChI is InChI=1S/C14H30O2.Na.H/c1-2-3-4-5-6-7-8-9-10-11-13-16-14-12-15;;/h15H,2-14H2,1H3;;/q;+1;-1. The molecule has 0 aromatic heterocycles. The number of unbranched alkanes of at least 4 members (excludes halogenated alkanes) is 9. The summed E-state index contributed by atoms with van der Waals surface area (Å²) in [5.74, 6) is 0. The van der Waals surface area contributed by atoms with Crippen LogP contribution < -0.4 is 29.6 Å². The second-order valence-corrected chi connectivity index (χ2v) is 4.52. The van der Waals surface area contributed by atoms with Crippen molar-refractivity contribution in [3.63, 3.8) is 0 Å². The number of hydrogen-bond donors (Lipinski definition) is 1. The minimum Gasteiger partial charge on any atom is -1.00 e. The van der Waals surface area contributed by atoms with E-state index in [9.17, 15) is 0 Å². The quantitative estimate of drug-likeness (QED) is 0.393. The molecular weight excluding hydrogens is 223 g/mol. The van der Waals surface area contributed by atoms with Gasteiger partial charge in [0, 0.05) is 6.61 Å². The Balaban J connectivity index is -0.00000112.